The Bertz CT molecular complexity index is 521. The summed E-state index contributed by atoms with van der Waals surface area (Å²) in [6.45, 7) is 3.95. The number of rotatable bonds is 17. The van der Waals surface area contributed by atoms with Crippen LogP contribution in [0.3, 0.4) is 0 Å². The summed E-state index contributed by atoms with van der Waals surface area (Å²) in [5.41, 5.74) is 0. The maximum Gasteiger partial charge on any atom is 0.374 e. The SMILES string of the molecule is CCCCCCCCCCCCCCOc1ccc(C(=O)OCC(C)=O)o1. The molecule has 0 saturated carbocycles. The van der Waals surface area contributed by atoms with Gasteiger partial charge in [-0.1, -0.05) is 77.6 Å². The smallest absolute Gasteiger partial charge is 0.374 e. The number of hydrogen-bond donors (Lipinski definition) is 0. The van der Waals surface area contributed by atoms with Gasteiger partial charge in [0.2, 0.25) is 5.76 Å². The van der Waals surface area contributed by atoms with Gasteiger partial charge in [-0.15, -0.1) is 0 Å². The molecular weight excluding hydrogens is 344 g/mol. The molecule has 1 aromatic heterocycles. The average Bonchev–Trinajstić information content (AvgIpc) is 3.12. The van der Waals surface area contributed by atoms with Crippen molar-refractivity contribution in [1.82, 2.24) is 0 Å². The minimum Gasteiger partial charge on any atom is -0.465 e. The lowest BCUT2D eigenvalue weighted by Crippen LogP contribution is -2.10. The van der Waals surface area contributed by atoms with Crippen LogP contribution in [0, 0.1) is 0 Å². The van der Waals surface area contributed by atoms with Crippen molar-refractivity contribution in [2.75, 3.05) is 13.2 Å². The lowest BCUT2D eigenvalue weighted by molar-refractivity contribution is -0.120. The summed E-state index contributed by atoms with van der Waals surface area (Å²) in [4.78, 5) is 22.4. The third kappa shape index (κ3) is 12.3. The molecule has 0 aromatic carbocycles. The summed E-state index contributed by atoms with van der Waals surface area (Å²) in [6.07, 6.45) is 15.6. The number of esters is 1. The predicted molar refractivity (Wildman–Crippen MR) is 106 cm³/mol. The van der Waals surface area contributed by atoms with Crippen molar-refractivity contribution in [3.8, 4) is 5.95 Å². The van der Waals surface area contributed by atoms with E-state index in [0.717, 1.165) is 12.8 Å². The molecule has 1 heterocycles. The van der Waals surface area contributed by atoms with Crippen LogP contribution in [0.5, 0.6) is 5.95 Å². The summed E-state index contributed by atoms with van der Waals surface area (Å²) in [7, 11) is 0. The third-order valence-electron chi connectivity index (χ3n) is 4.43. The van der Waals surface area contributed by atoms with Crippen LogP contribution in [0.15, 0.2) is 16.5 Å². The van der Waals surface area contributed by atoms with Crippen molar-refractivity contribution in [2.24, 2.45) is 0 Å². The lowest BCUT2D eigenvalue weighted by Gasteiger charge is -2.04. The Labute approximate surface area is 163 Å². The first kappa shape index (κ1) is 23.3. The standard InChI is InChI=1S/C22H36O5/c1-3-4-5-6-7-8-9-10-11-12-13-14-17-25-21-16-15-20(27-21)22(24)26-18-19(2)23/h15-16H,3-14,17-18H2,1-2H3. The van der Waals surface area contributed by atoms with Gasteiger partial charge in [0.1, 0.15) is 6.61 Å². The van der Waals surface area contributed by atoms with Crippen molar-refractivity contribution in [1.29, 1.82) is 0 Å². The highest BCUT2D eigenvalue weighted by Gasteiger charge is 2.14. The molecule has 0 aliphatic carbocycles. The second kappa shape index (κ2) is 15.3. The van der Waals surface area contributed by atoms with Gasteiger partial charge in [-0.2, -0.15) is 0 Å². The number of carbonyl (C=O) groups is 2. The van der Waals surface area contributed by atoms with Crippen LogP contribution in [-0.4, -0.2) is 25.0 Å². The molecule has 0 unspecified atom stereocenters. The van der Waals surface area contributed by atoms with E-state index in [0.29, 0.717) is 12.6 Å². The molecular formula is C22H36O5. The molecule has 5 nitrogen and oxygen atoms in total. The summed E-state index contributed by atoms with van der Waals surface area (Å²) >= 11 is 0. The number of unbranched alkanes of at least 4 members (excludes halogenated alkanes) is 11. The topological polar surface area (TPSA) is 65.7 Å². The first-order chi connectivity index (χ1) is 13.1. The van der Waals surface area contributed by atoms with Gasteiger partial charge in [0, 0.05) is 6.07 Å². The fourth-order valence-electron chi connectivity index (χ4n) is 2.86. The van der Waals surface area contributed by atoms with Gasteiger partial charge in [0.05, 0.1) is 6.61 Å². The van der Waals surface area contributed by atoms with E-state index in [-0.39, 0.29) is 18.2 Å². The van der Waals surface area contributed by atoms with E-state index in [1.165, 1.54) is 77.2 Å². The highest BCUT2D eigenvalue weighted by molar-refractivity contribution is 5.88. The van der Waals surface area contributed by atoms with E-state index in [9.17, 15) is 9.59 Å². The average molecular weight is 381 g/mol. The van der Waals surface area contributed by atoms with E-state index in [1.54, 1.807) is 6.07 Å². The maximum atomic E-state index is 11.6. The molecule has 0 aliphatic rings. The first-order valence-electron chi connectivity index (χ1n) is 10.5. The molecule has 0 atom stereocenters. The molecule has 1 rings (SSSR count). The minimum atomic E-state index is -0.648. The highest BCUT2D eigenvalue weighted by atomic mass is 16.6. The van der Waals surface area contributed by atoms with Crippen LogP contribution in [0.25, 0.3) is 0 Å². The van der Waals surface area contributed by atoms with Gasteiger partial charge in [-0.3, -0.25) is 4.79 Å². The number of carbonyl (C=O) groups excluding carboxylic acids is 2. The number of hydrogen-bond acceptors (Lipinski definition) is 5. The largest absolute Gasteiger partial charge is 0.465 e. The fraction of sp³-hybridized carbons (Fsp3) is 0.727. The zero-order valence-electron chi connectivity index (χ0n) is 17.1. The summed E-state index contributed by atoms with van der Waals surface area (Å²) in [5, 5.41) is 0. The maximum absolute atomic E-state index is 11.6. The van der Waals surface area contributed by atoms with Crippen LogP contribution < -0.4 is 4.74 Å². The number of ether oxygens (including phenoxy) is 2. The van der Waals surface area contributed by atoms with Crippen molar-refractivity contribution >= 4 is 11.8 Å². The summed E-state index contributed by atoms with van der Waals surface area (Å²) in [6, 6.07) is 3.10. The van der Waals surface area contributed by atoms with Crippen LogP contribution >= 0.6 is 0 Å². The van der Waals surface area contributed by atoms with Crippen molar-refractivity contribution in [2.45, 2.75) is 90.9 Å². The van der Waals surface area contributed by atoms with E-state index < -0.39 is 5.97 Å². The van der Waals surface area contributed by atoms with E-state index >= 15 is 0 Å². The number of furan rings is 1. The first-order valence-corrected chi connectivity index (χ1v) is 10.5. The Morgan fingerprint density at radius 3 is 1.96 bits per heavy atom. The van der Waals surface area contributed by atoms with Gasteiger partial charge in [-0.25, -0.2) is 4.79 Å². The van der Waals surface area contributed by atoms with E-state index in [1.807, 2.05) is 0 Å². The molecule has 0 saturated heterocycles. The van der Waals surface area contributed by atoms with Crippen LogP contribution in [-0.2, 0) is 9.53 Å². The van der Waals surface area contributed by atoms with E-state index in [2.05, 4.69) is 6.92 Å². The second-order valence-electron chi connectivity index (χ2n) is 7.13. The van der Waals surface area contributed by atoms with Crippen molar-refractivity contribution in [3.63, 3.8) is 0 Å². The molecule has 154 valence electrons. The molecule has 5 heteroatoms. The number of ketones is 1. The van der Waals surface area contributed by atoms with Crippen molar-refractivity contribution < 1.29 is 23.5 Å². The molecule has 1 aromatic rings. The van der Waals surface area contributed by atoms with Gasteiger partial charge in [0.25, 0.3) is 5.95 Å². The fourth-order valence-corrected chi connectivity index (χ4v) is 2.86. The Hall–Kier alpha value is -1.78. The highest BCUT2D eigenvalue weighted by Crippen LogP contribution is 2.18. The van der Waals surface area contributed by atoms with E-state index in [4.69, 9.17) is 13.9 Å². The van der Waals surface area contributed by atoms with Crippen LogP contribution in [0.1, 0.15) is 101 Å². The quantitative estimate of drug-likeness (QED) is 0.241. The minimum absolute atomic E-state index is 0.0564. The zero-order valence-corrected chi connectivity index (χ0v) is 17.1. The Kier molecular flexibility index (Phi) is 13.2. The predicted octanol–water partition coefficient (Wildman–Crippen LogP) is 6.11. The normalized spacial score (nSPS) is 10.7. The van der Waals surface area contributed by atoms with Gasteiger partial charge >= 0.3 is 5.97 Å². The molecule has 0 spiro atoms. The second-order valence-corrected chi connectivity index (χ2v) is 7.13. The molecule has 27 heavy (non-hydrogen) atoms. The third-order valence-corrected chi connectivity index (χ3v) is 4.43. The van der Waals surface area contributed by atoms with Gasteiger partial charge < -0.3 is 13.9 Å². The molecule has 0 bridgehead atoms. The van der Waals surface area contributed by atoms with Gasteiger partial charge in [-0.05, 0) is 19.4 Å². The van der Waals surface area contributed by atoms with Crippen LogP contribution in [0.2, 0.25) is 0 Å². The van der Waals surface area contributed by atoms with Crippen molar-refractivity contribution in [3.05, 3.63) is 17.9 Å². The molecule has 0 radical (unpaired) electrons. The number of Topliss-reactive ketones (excluding diaryl/α,β-unsaturated/α-hetero) is 1. The monoisotopic (exact) mass is 380 g/mol. The zero-order chi connectivity index (χ0) is 19.7. The summed E-state index contributed by atoms with van der Waals surface area (Å²) < 4.78 is 15.6. The van der Waals surface area contributed by atoms with Gasteiger partial charge in [0.15, 0.2) is 5.78 Å². The molecule has 0 amide bonds. The lowest BCUT2D eigenvalue weighted by atomic mass is 10.1. The Morgan fingerprint density at radius 2 is 1.41 bits per heavy atom. The summed E-state index contributed by atoms with van der Waals surface area (Å²) in [5.74, 6) is -0.488. The molecule has 0 N–H and O–H groups in total. The molecule has 0 fully saturated rings. The molecule has 0 aliphatic heterocycles. The Balaban J connectivity index is 1.95. The van der Waals surface area contributed by atoms with Crippen LogP contribution in [0.4, 0.5) is 0 Å². The Morgan fingerprint density at radius 1 is 0.852 bits per heavy atom.